The molecule has 1 N–H and O–H groups in total. The van der Waals surface area contributed by atoms with Gasteiger partial charge in [-0.2, -0.15) is 0 Å². The van der Waals surface area contributed by atoms with Crippen LogP contribution in [0.25, 0.3) is 16.8 Å². The van der Waals surface area contributed by atoms with Gasteiger partial charge in [0, 0.05) is 17.8 Å². The van der Waals surface area contributed by atoms with Gasteiger partial charge >= 0.3 is 0 Å². The van der Waals surface area contributed by atoms with Crippen LogP contribution in [0.15, 0.2) is 42.7 Å². The molecule has 0 aliphatic heterocycles. The molecule has 1 aromatic heterocycles. The molecule has 2 aromatic rings. The standard InChI is InChI=1S/C14H16N2/c1-15-9-3-2-5-12-6-4-7-13-8-10-16-11-14(12)13/h2,4-8,10-11,15H,3,9H2,1H3/b5-2+. The van der Waals surface area contributed by atoms with E-state index in [1.54, 1.807) is 0 Å². The first-order valence-electron chi connectivity index (χ1n) is 5.55. The molecule has 0 radical (unpaired) electrons. The average molecular weight is 212 g/mol. The number of fused-ring (bicyclic) bond motifs is 1. The van der Waals surface area contributed by atoms with E-state index in [1.165, 1.54) is 16.3 Å². The molecule has 82 valence electrons. The normalized spacial score (nSPS) is 11.3. The molecule has 0 saturated heterocycles. The van der Waals surface area contributed by atoms with Crippen LogP contribution in [0.4, 0.5) is 0 Å². The summed E-state index contributed by atoms with van der Waals surface area (Å²) < 4.78 is 0. The minimum absolute atomic E-state index is 1.01. The Morgan fingerprint density at radius 3 is 3.12 bits per heavy atom. The van der Waals surface area contributed by atoms with Crippen molar-refractivity contribution in [3.05, 3.63) is 48.3 Å². The fraction of sp³-hybridized carbons (Fsp3) is 0.214. The molecule has 0 atom stereocenters. The summed E-state index contributed by atoms with van der Waals surface area (Å²) in [5, 5.41) is 5.58. The van der Waals surface area contributed by atoms with Crippen LogP contribution in [0.2, 0.25) is 0 Å². The number of nitrogens with zero attached hydrogens (tertiary/aromatic N) is 1. The number of hydrogen-bond acceptors (Lipinski definition) is 2. The van der Waals surface area contributed by atoms with E-state index in [-0.39, 0.29) is 0 Å². The second-order valence-corrected chi connectivity index (χ2v) is 3.74. The lowest BCUT2D eigenvalue weighted by molar-refractivity contribution is 0.809. The maximum atomic E-state index is 4.17. The third-order valence-corrected chi connectivity index (χ3v) is 2.58. The second kappa shape index (κ2) is 5.42. The summed E-state index contributed by atoms with van der Waals surface area (Å²) >= 11 is 0. The molecule has 2 nitrogen and oxygen atoms in total. The summed E-state index contributed by atoms with van der Waals surface area (Å²) in [4.78, 5) is 4.17. The topological polar surface area (TPSA) is 24.9 Å². The lowest BCUT2D eigenvalue weighted by atomic mass is 10.1. The summed E-state index contributed by atoms with van der Waals surface area (Å²) in [6, 6.07) is 8.36. The van der Waals surface area contributed by atoms with Crippen LogP contribution in [0.5, 0.6) is 0 Å². The van der Waals surface area contributed by atoms with E-state index in [0.717, 1.165) is 13.0 Å². The fourth-order valence-electron chi connectivity index (χ4n) is 1.72. The highest BCUT2D eigenvalue weighted by Crippen LogP contribution is 2.18. The summed E-state index contributed by atoms with van der Waals surface area (Å²) in [6.07, 6.45) is 9.16. The Morgan fingerprint density at radius 1 is 1.31 bits per heavy atom. The van der Waals surface area contributed by atoms with Gasteiger partial charge in [0.1, 0.15) is 0 Å². The lowest BCUT2D eigenvalue weighted by Gasteiger charge is -2.00. The van der Waals surface area contributed by atoms with E-state index in [1.807, 2.05) is 25.5 Å². The summed E-state index contributed by atoms with van der Waals surface area (Å²) in [6.45, 7) is 1.01. The van der Waals surface area contributed by atoms with Crippen LogP contribution in [0, 0.1) is 0 Å². The number of hydrogen-bond donors (Lipinski definition) is 1. The molecule has 0 unspecified atom stereocenters. The van der Waals surface area contributed by atoms with Gasteiger partial charge in [-0.15, -0.1) is 0 Å². The van der Waals surface area contributed by atoms with Gasteiger partial charge in [0.25, 0.3) is 0 Å². The molecule has 1 heterocycles. The smallest absolute Gasteiger partial charge is 0.0352 e. The molecule has 2 rings (SSSR count). The van der Waals surface area contributed by atoms with Gasteiger partial charge in [0.15, 0.2) is 0 Å². The lowest BCUT2D eigenvalue weighted by Crippen LogP contribution is -2.05. The molecule has 0 fully saturated rings. The molecule has 0 amide bonds. The van der Waals surface area contributed by atoms with Crippen molar-refractivity contribution in [1.82, 2.24) is 10.3 Å². The monoisotopic (exact) mass is 212 g/mol. The van der Waals surface area contributed by atoms with Gasteiger partial charge in [-0.05, 0) is 37.0 Å². The number of rotatable bonds is 4. The maximum absolute atomic E-state index is 4.17. The zero-order valence-electron chi connectivity index (χ0n) is 9.48. The molecule has 0 aliphatic carbocycles. The van der Waals surface area contributed by atoms with Crippen molar-refractivity contribution in [3.8, 4) is 0 Å². The maximum Gasteiger partial charge on any atom is 0.0352 e. The van der Waals surface area contributed by atoms with Crippen molar-refractivity contribution in [2.45, 2.75) is 6.42 Å². The molecule has 0 spiro atoms. The van der Waals surface area contributed by atoms with E-state index >= 15 is 0 Å². The van der Waals surface area contributed by atoms with Crippen LogP contribution in [-0.4, -0.2) is 18.6 Å². The number of benzene rings is 1. The molecule has 1 aromatic carbocycles. The van der Waals surface area contributed by atoms with Crippen molar-refractivity contribution < 1.29 is 0 Å². The Hall–Kier alpha value is -1.67. The van der Waals surface area contributed by atoms with Crippen molar-refractivity contribution in [2.75, 3.05) is 13.6 Å². The van der Waals surface area contributed by atoms with Gasteiger partial charge in [-0.1, -0.05) is 30.4 Å². The second-order valence-electron chi connectivity index (χ2n) is 3.74. The van der Waals surface area contributed by atoms with Crippen molar-refractivity contribution in [1.29, 1.82) is 0 Å². The average Bonchev–Trinajstić information content (AvgIpc) is 2.35. The van der Waals surface area contributed by atoms with Crippen LogP contribution >= 0.6 is 0 Å². The van der Waals surface area contributed by atoms with Crippen LogP contribution in [0.1, 0.15) is 12.0 Å². The fourth-order valence-corrected chi connectivity index (χ4v) is 1.72. The first kappa shape index (κ1) is 10.8. The Kier molecular flexibility index (Phi) is 3.67. The quantitative estimate of drug-likeness (QED) is 0.788. The van der Waals surface area contributed by atoms with Gasteiger partial charge in [0.05, 0.1) is 0 Å². The third kappa shape index (κ3) is 2.47. The summed E-state index contributed by atoms with van der Waals surface area (Å²) in [5.41, 5.74) is 1.24. The predicted octanol–water partition coefficient (Wildman–Crippen LogP) is 2.86. The van der Waals surface area contributed by atoms with Crippen molar-refractivity contribution in [2.24, 2.45) is 0 Å². The van der Waals surface area contributed by atoms with Gasteiger partial charge in [-0.25, -0.2) is 0 Å². The SMILES string of the molecule is CNCC/C=C/c1cccc2ccncc12. The highest BCUT2D eigenvalue weighted by atomic mass is 14.8. The van der Waals surface area contributed by atoms with Crippen molar-refractivity contribution >= 4 is 16.8 Å². The molecule has 0 saturated carbocycles. The van der Waals surface area contributed by atoms with Crippen LogP contribution in [0.3, 0.4) is 0 Å². The minimum Gasteiger partial charge on any atom is -0.319 e. The zero-order chi connectivity index (χ0) is 11.2. The van der Waals surface area contributed by atoms with E-state index < -0.39 is 0 Å². The Labute approximate surface area is 96.0 Å². The minimum atomic E-state index is 1.01. The number of nitrogens with one attached hydrogen (secondary N) is 1. The first-order chi connectivity index (χ1) is 7.92. The number of pyridine rings is 1. The Bertz CT molecular complexity index is 484. The van der Waals surface area contributed by atoms with Gasteiger partial charge in [0.2, 0.25) is 0 Å². The molecule has 0 aliphatic rings. The largest absolute Gasteiger partial charge is 0.319 e. The Morgan fingerprint density at radius 2 is 2.25 bits per heavy atom. The molecular weight excluding hydrogens is 196 g/mol. The van der Waals surface area contributed by atoms with E-state index in [9.17, 15) is 0 Å². The molecule has 2 heteroatoms. The van der Waals surface area contributed by atoms with Crippen molar-refractivity contribution in [3.63, 3.8) is 0 Å². The highest BCUT2D eigenvalue weighted by molar-refractivity contribution is 5.89. The first-order valence-corrected chi connectivity index (χ1v) is 5.55. The van der Waals surface area contributed by atoms with E-state index in [4.69, 9.17) is 0 Å². The summed E-state index contributed by atoms with van der Waals surface area (Å²) in [5.74, 6) is 0. The molecule has 16 heavy (non-hydrogen) atoms. The molecule has 0 bridgehead atoms. The summed E-state index contributed by atoms with van der Waals surface area (Å²) in [7, 11) is 1.97. The van der Waals surface area contributed by atoms with Gasteiger partial charge in [-0.3, -0.25) is 4.98 Å². The number of aromatic nitrogens is 1. The predicted molar refractivity (Wildman–Crippen MR) is 69.3 cm³/mol. The Balaban J connectivity index is 2.27. The third-order valence-electron chi connectivity index (χ3n) is 2.58. The van der Waals surface area contributed by atoms with Crippen LogP contribution < -0.4 is 5.32 Å². The van der Waals surface area contributed by atoms with Gasteiger partial charge < -0.3 is 5.32 Å². The molecular formula is C14H16N2. The van der Waals surface area contributed by atoms with E-state index in [0.29, 0.717) is 0 Å². The highest BCUT2D eigenvalue weighted by Gasteiger charge is 1.96. The van der Waals surface area contributed by atoms with Crippen LogP contribution in [-0.2, 0) is 0 Å². The zero-order valence-corrected chi connectivity index (χ0v) is 9.48. The van der Waals surface area contributed by atoms with E-state index in [2.05, 4.69) is 40.7 Å².